The minimum absolute atomic E-state index is 0.215. The van der Waals surface area contributed by atoms with Gasteiger partial charge in [0, 0.05) is 22.4 Å². The van der Waals surface area contributed by atoms with Crippen molar-refractivity contribution < 1.29 is 4.79 Å². The van der Waals surface area contributed by atoms with E-state index >= 15 is 0 Å². The molecule has 3 aromatic carbocycles. The molecule has 3 aromatic rings. The minimum Gasteiger partial charge on any atom is -0.322 e. The molecule has 3 nitrogen and oxygen atoms in total. The molecule has 23 heavy (non-hydrogen) atoms. The summed E-state index contributed by atoms with van der Waals surface area (Å²) in [6.45, 7) is 0. The standard InChI is InChI=1S/C20H16N2O/c21-19(15-9-3-1-4-10-15)17-13-7-8-14-18(17)20(23)22-16-11-5-2-6-12-16/h1-14,21H,(H,22,23). The lowest BCUT2D eigenvalue weighted by atomic mass is 9.97. The monoisotopic (exact) mass is 300 g/mol. The van der Waals surface area contributed by atoms with Crippen molar-refractivity contribution in [3.63, 3.8) is 0 Å². The van der Waals surface area contributed by atoms with Gasteiger partial charge in [-0.1, -0.05) is 66.7 Å². The fourth-order valence-corrected chi connectivity index (χ4v) is 2.38. The Hall–Kier alpha value is -3.20. The summed E-state index contributed by atoms with van der Waals surface area (Å²) in [7, 11) is 0. The van der Waals surface area contributed by atoms with Crippen LogP contribution in [0.1, 0.15) is 21.5 Å². The number of benzene rings is 3. The van der Waals surface area contributed by atoms with Crippen molar-refractivity contribution in [1.29, 1.82) is 5.41 Å². The molecule has 112 valence electrons. The molecule has 0 saturated carbocycles. The van der Waals surface area contributed by atoms with Gasteiger partial charge < -0.3 is 5.32 Å². The average molecular weight is 300 g/mol. The van der Waals surface area contributed by atoms with Crippen LogP contribution in [0.2, 0.25) is 0 Å². The first-order valence-electron chi connectivity index (χ1n) is 7.35. The maximum atomic E-state index is 12.6. The first-order chi connectivity index (χ1) is 11.3. The summed E-state index contributed by atoms with van der Waals surface area (Å²) in [5.74, 6) is -0.215. The number of rotatable bonds is 4. The topological polar surface area (TPSA) is 53.0 Å². The van der Waals surface area contributed by atoms with E-state index in [0.717, 1.165) is 11.3 Å². The fourth-order valence-electron chi connectivity index (χ4n) is 2.38. The van der Waals surface area contributed by atoms with E-state index in [1.165, 1.54) is 0 Å². The van der Waals surface area contributed by atoms with Crippen LogP contribution in [0.15, 0.2) is 84.9 Å². The van der Waals surface area contributed by atoms with Crippen molar-refractivity contribution in [3.05, 3.63) is 102 Å². The van der Waals surface area contributed by atoms with Crippen LogP contribution in [0, 0.1) is 5.41 Å². The molecule has 0 aliphatic heterocycles. The van der Waals surface area contributed by atoms with E-state index in [-0.39, 0.29) is 5.91 Å². The van der Waals surface area contributed by atoms with Crippen molar-refractivity contribution in [2.24, 2.45) is 0 Å². The molecule has 0 spiro atoms. The Balaban J connectivity index is 1.92. The lowest BCUT2D eigenvalue weighted by molar-refractivity contribution is 0.102. The Morgan fingerprint density at radius 1 is 0.696 bits per heavy atom. The van der Waals surface area contributed by atoms with Gasteiger partial charge in [-0.2, -0.15) is 0 Å². The Morgan fingerprint density at radius 3 is 1.87 bits per heavy atom. The summed E-state index contributed by atoms with van der Waals surface area (Å²) >= 11 is 0. The van der Waals surface area contributed by atoms with Crippen LogP contribution in [0.5, 0.6) is 0 Å². The highest BCUT2D eigenvalue weighted by atomic mass is 16.1. The van der Waals surface area contributed by atoms with E-state index in [1.807, 2.05) is 72.8 Å². The second-order valence-corrected chi connectivity index (χ2v) is 5.11. The molecular formula is C20H16N2O. The van der Waals surface area contributed by atoms with E-state index < -0.39 is 0 Å². The average Bonchev–Trinajstić information content (AvgIpc) is 2.62. The van der Waals surface area contributed by atoms with Gasteiger partial charge in [0.05, 0.1) is 5.71 Å². The lowest BCUT2D eigenvalue weighted by Gasteiger charge is -2.11. The van der Waals surface area contributed by atoms with Gasteiger partial charge >= 0.3 is 0 Å². The molecule has 0 aliphatic carbocycles. The Labute approximate surface area is 135 Å². The maximum absolute atomic E-state index is 12.6. The van der Waals surface area contributed by atoms with E-state index in [2.05, 4.69) is 5.32 Å². The molecule has 0 radical (unpaired) electrons. The molecule has 0 unspecified atom stereocenters. The molecule has 3 rings (SSSR count). The number of amides is 1. The summed E-state index contributed by atoms with van der Waals surface area (Å²) in [4.78, 5) is 12.6. The SMILES string of the molecule is N=C(c1ccccc1)c1ccccc1C(=O)Nc1ccccc1. The number of nitrogens with one attached hydrogen (secondary N) is 2. The third-order valence-corrected chi connectivity index (χ3v) is 3.54. The highest BCUT2D eigenvalue weighted by Crippen LogP contribution is 2.16. The predicted octanol–water partition coefficient (Wildman–Crippen LogP) is 4.36. The molecule has 0 aromatic heterocycles. The summed E-state index contributed by atoms with van der Waals surface area (Å²) in [5, 5.41) is 11.3. The van der Waals surface area contributed by atoms with Crippen LogP contribution in [0.4, 0.5) is 5.69 Å². The Kier molecular flexibility index (Phi) is 4.29. The molecule has 3 heteroatoms. The molecule has 1 amide bonds. The molecule has 0 bridgehead atoms. The maximum Gasteiger partial charge on any atom is 0.256 e. The van der Waals surface area contributed by atoms with Crippen LogP contribution in [-0.4, -0.2) is 11.6 Å². The molecule has 0 fully saturated rings. The highest BCUT2D eigenvalue weighted by Gasteiger charge is 2.15. The quantitative estimate of drug-likeness (QED) is 0.691. The third kappa shape index (κ3) is 3.35. The second kappa shape index (κ2) is 6.71. The van der Waals surface area contributed by atoms with E-state index in [9.17, 15) is 4.79 Å². The summed E-state index contributed by atoms with van der Waals surface area (Å²) < 4.78 is 0. The van der Waals surface area contributed by atoms with E-state index in [1.54, 1.807) is 12.1 Å². The van der Waals surface area contributed by atoms with Gasteiger partial charge in [0.2, 0.25) is 0 Å². The fraction of sp³-hybridized carbons (Fsp3) is 0. The summed E-state index contributed by atoms with van der Waals surface area (Å²) in [6, 6.07) is 25.9. The number of para-hydroxylation sites is 1. The van der Waals surface area contributed by atoms with Crippen LogP contribution in [-0.2, 0) is 0 Å². The summed E-state index contributed by atoms with van der Waals surface area (Å²) in [5.41, 5.74) is 2.97. The predicted molar refractivity (Wildman–Crippen MR) is 93.2 cm³/mol. The van der Waals surface area contributed by atoms with Gasteiger partial charge in [0.25, 0.3) is 5.91 Å². The first kappa shape index (κ1) is 14.7. The number of anilines is 1. The van der Waals surface area contributed by atoms with Crippen LogP contribution in [0.25, 0.3) is 0 Å². The van der Waals surface area contributed by atoms with E-state index in [0.29, 0.717) is 16.8 Å². The highest BCUT2D eigenvalue weighted by molar-refractivity contribution is 6.18. The van der Waals surface area contributed by atoms with Crippen molar-refractivity contribution >= 4 is 17.3 Å². The zero-order valence-corrected chi connectivity index (χ0v) is 12.5. The normalized spacial score (nSPS) is 10.1. The molecular weight excluding hydrogens is 284 g/mol. The van der Waals surface area contributed by atoms with E-state index in [4.69, 9.17) is 5.41 Å². The van der Waals surface area contributed by atoms with Crippen molar-refractivity contribution in [2.75, 3.05) is 5.32 Å². The Bertz CT molecular complexity index is 827. The van der Waals surface area contributed by atoms with Crippen molar-refractivity contribution in [3.8, 4) is 0 Å². The minimum atomic E-state index is -0.215. The van der Waals surface area contributed by atoms with Gasteiger partial charge in [-0.3, -0.25) is 10.2 Å². The van der Waals surface area contributed by atoms with Gasteiger partial charge in [-0.15, -0.1) is 0 Å². The smallest absolute Gasteiger partial charge is 0.256 e. The number of hydrogen-bond donors (Lipinski definition) is 2. The largest absolute Gasteiger partial charge is 0.322 e. The number of hydrogen-bond acceptors (Lipinski definition) is 2. The number of carbonyl (C=O) groups excluding carboxylic acids is 1. The molecule has 0 saturated heterocycles. The Morgan fingerprint density at radius 2 is 1.22 bits per heavy atom. The van der Waals surface area contributed by atoms with Crippen molar-refractivity contribution in [2.45, 2.75) is 0 Å². The zero-order valence-electron chi connectivity index (χ0n) is 12.5. The second-order valence-electron chi connectivity index (χ2n) is 5.11. The van der Waals surface area contributed by atoms with Crippen molar-refractivity contribution in [1.82, 2.24) is 0 Å². The third-order valence-electron chi connectivity index (χ3n) is 3.54. The van der Waals surface area contributed by atoms with Crippen LogP contribution < -0.4 is 5.32 Å². The number of carbonyl (C=O) groups is 1. The van der Waals surface area contributed by atoms with Gasteiger partial charge in [-0.05, 0) is 18.2 Å². The molecule has 2 N–H and O–H groups in total. The molecule has 0 atom stereocenters. The van der Waals surface area contributed by atoms with Gasteiger partial charge in [0.1, 0.15) is 0 Å². The molecule has 0 heterocycles. The lowest BCUT2D eigenvalue weighted by Crippen LogP contribution is -2.16. The summed E-state index contributed by atoms with van der Waals surface area (Å²) in [6.07, 6.45) is 0. The van der Waals surface area contributed by atoms with Gasteiger partial charge in [0.15, 0.2) is 0 Å². The van der Waals surface area contributed by atoms with Crippen LogP contribution >= 0.6 is 0 Å². The zero-order chi connectivity index (χ0) is 16.1. The first-order valence-corrected chi connectivity index (χ1v) is 7.35. The molecule has 0 aliphatic rings. The van der Waals surface area contributed by atoms with Crippen LogP contribution in [0.3, 0.4) is 0 Å². The van der Waals surface area contributed by atoms with Gasteiger partial charge in [-0.25, -0.2) is 0 Å².